The Morgan fingerprint density at radius 3 is 2.75 bits per heavy atom. The van der Waals surface area contributed by atoms with Gasteiger partial charge in [0.25, 0.3) is 0 Å². The number of halogens is 1. The summed E-state index contributed by atoms with van der Waals surface area (Å²) in [5.41, 5.74) is 0.567. The Bertz CT molecular complexity index is 796. The fourth-order valence-corrected chi connectivity index (χ4v) is 5.65. The van der Waals surface area contributed by atoms with Crippen LogP contribution in [0.25, 0.3) is 0 Å². The summed E-state index contributed by atoms with van der Waals surface area (Å²) in [6.45, 7) is 3.65. The van der Waals surface area contributed by atoms with Crippen molar-refractivity contribution in [1.82, 2.24) is 20.4 Å². The predicted octanol–water partition coefficient (Wildman–Crippen LogP) is 2.72. The molecule has 3 fully saturated rings. The molecule has 0 saturated carbocycles. The Labute approximate surface area is 199 Å². The number of hydrogen-bond acceptors (Lipinski definition) is 5. The maximum Gasteiger partial charge on any atom is 0.241 e. The van der Waals surface area contributed by atoms with Crippen LogP contribution in [0.4, 0.5) is 4.39 Å². The topological polar surface area (TPSA) is 56.8 Å². The highest BCUT2D eigenvalue weighted by atomic mass is 32.2. The van der Waals surface area contributed by atoms with Crippen molar-refractivity contribution in [3.63, 3.8) is 0 Å². The normalized spacial score (nSPS) is 25.0. The van der Waals surface area contributed by atoms with E-state index in [0.717, 1.165) is 74.8 Å². The van der Waals surface area contributed by atoms with Gasteiger partial charge in [-0.15, -0.1) is 0 Å². The number of hydrogen-bond donors (Lipinski definition) is 2. The molecule has 2 unspecified atom stereocenters. The Hall–Kier alpha value is -1.42. The number of thioether (sulfide) groups is 1. The molecule has 1 amide bonds. The van der Waals surface area contributed by atoms with Crippen LogP contribution in [0.2, 0.25) is 0 Å². The molecule has 3 aliphatic heterocycles. The summed E-state index contributed by atoms with van der Waals surface area (Å²) < 4.78 is 19.1. The second-order valence-corrected chi connectivity index (χ2v) is 10.2. The highest BCUT2D eigenvalue weighted by molar-refractivity contribution is 7.98. The van der Waals surface area contributed by atoms with Crippen molar-refractivity contribution in [2.24, 2.45) is 0 Å². The molecule has 176 valence electrons. The molecule has 32 heavy (non-hydrogen) atoms. The second-order valence-electron chi connectivity index (χ2n) is 8.87. The quantitative estimate of drug-likeness (QED) is 0.582. The number of piperidine rings is 1. The number of thiocarbonyl (C=S) groups is 1. The van der Waals surface area contributed by atoms with Crippen LogP contribution >= 0.6 is 24.0 Å². The van der Waals surface area contributed by atoms with Crippen LogP contribution in [-0.2, 0) is 16.1 Å². The molecule has 3 heterocycles. The summed E-state index contributed by atoms with van der Waals surface area (Å²) in [6.07, 6.45) is 6.94. The Morgan fingerprint density at radius 2 is 2.09 bits per heavy atom. The first kappa shape index (κ1) is 23.7. The van der Waals surface area contributed by atoms with E-state index in [-0.39, 0.29) is 29.5 Å². The molecule has 2 atom stereocenters. The lowest BCUT2D eigenvalue weighted by Gasteiger charge is -2.45. The number of likely N-dealkylation sites (tertiary alicyclic amines) is 1. The smallest absolute Gasteiger partial charge is 0.241 e. The van der Waals surface area contributed by atoms with E-state index in [9.17, 15) is 9.18 Å². The number of ether oxygens (including phenoxy) is 1. The Morgan fingerprint density at radius 1 is 1.34 bits per heavy atom. The minimum Gasteiger partial charge on any atom is -0.376 e. The third-order valence-corrected chi connectivity index (χ3v) is 7.82. The van der Waals surface area contributed by atoms with Gasteiger partial charge < -0.3 is 19.9 Å². The van der Waals surface area contributed by atoms with Crippen LogP contribution < -0.4 is 10.6 Å². The van der Waals surface area contributed by atoms with Gasteiger partial charge >= 0.3 is 0 Å². The van der Waals surface area contributed by atoms with Gasteiger partial charge in [0.1, 0.15) is 5.82 Å². The summed E-state index contributed by atoms with van der Waals surface area (Å²) in [6, 6.07) is 6.29. The molecule has 2 N–H and O–H groups in total. The van der Waals surface area contributed by atoms with E-state index >= 15 is 0 Å². The zero-order valence-corrected chi connectivity index (χ0v) is 20.3. The van der Waals surface area contributed by atoms with E-state index in [1.54, 1.807) is 23.9 Å². The summed E-state index contributed by atoms with van der Waals surface area (Å²) in [7, 11) is 0. The van der Waals surface area contributed by atoms with Crippen molar-refractivity contribution in [3.8, 4) is 0 Å². The standard InChI is InChI=1S/C23H33FN4O2S2/c1-32-14-8-20-21(29)28(16-17-4-6-18(24)7-5-17)23(26-20)9-11-27(12-10-23)22(31)25-15-19-3-2-13-30-19/h4-7,19-20,26H,2-3,8-16H2,1H3,(H,25,31). The van der Waals surface area contributed by atoms with Crippen LogP contribution in [0.15, 0.2) is 24.3 Å². The van der Waals surface area contributed by atoms with E-state index in [0.29, 0.717) is 6.54 Å². The molecule has 1 aromatic rings. The summed E-state index contributed by atoms with van der Waals surface area (Å²) in [5, 5.41) is 7.82. The van der Waals surface area contributed by atoms with E-state index in [2.05, 4.69) is 21.8 Å². The predicted molar refractivity (Wildman–Crippen MR) is 130 cm³/mol. The van der Waals surface area contributed by atoms with E-state index in [1.165, 1.54) is 12.1 Å². The van der Waals surface area contributed by atoms with Crippen molar-refractivity contribution >= 4 is 35.0 Å². The lowest BCUT2D eigenvalue weighted by atomic mass is 9.95. The number of amides is 1. The summed E-state index contributed by atoms with van der Waals surface area (Å²) in [4.78, 5) is 17.5. The molecule has 0 bridgehead atoms. The molecule has 4 rings (SSSR count). The summed E-state index contributed by atoms with van der Waals surface area (Å²) >= 11 is 7.40. The number of nitrogens with one attached hydrogen (secondary N) is 2. The fourth-order valence-electron chi connectivity index (χ4n) is 4.91. The van der Waals surface area contributed by atoms with Crippen molar-refractivity contribution in [1.29, 1.82) is 0 Å². The first-order valence-electron chi connectivity index (χ1n) is 11.5. The molecule has 0 aliphatic carbocycles. The average molecular weight is 481 g/mol. The molecule has 0 radical (unpaired) electrons. The van der Waals surface area contributed by atoms with Crippen molar-refractivity contribution < 1.29 is 13.9 Å². The van der Waals surface area contributed by atoms with E-state index < -0.39 is 0 Å². The van der Waals surface area contributed by atoms with Gasteiger partial charge in [0.05, 0.1) is 17.8 Å². The van der Waals surface area contributed by atoms with Crippen molar-refractivity contribution in [2.45, 2.75) is 56.5 Å². The fraction of sp³-hybridized carbons (Fsp3) is 0.652. The minimum atomic E-state index is -0.380. The average Bonchev–Trinajstić information content (AvgIpc) is 3.41. The third kappa shape index (κ3) is 5.38. The maximum absolute atomic E-state index is 13.4. The second kappa shape index (κ2) is 10.7. The zero-order valence-electron chi connectivity index (χ0n) is 18.6. The molecular weight excluding hydrogens is 447 g/mol. The van der Waals surface area contributed by atoms with Gasteiger partial charge in [0.15, 0.2) is 5.11 Å². The number of carbonyl (C=O) groups excluding carboxylic acids is 1. The molecule has 3 aliphatic rings. The monoisotopic (exact) mass is 480 g/mol. The van der Waals surface area contributed by atoms with Crippen LogP contribution in [0.5, 0.6) is 0 Å². The largest absolute Gasteiger partial charge is 0.376 e. The SMILES string of the molecule is CSCCC1NC2(CCN(C(=S)NCC3CCCO3)CC2)N(Cc2ccc(F)cc2)C1=O. The van der Waals surface area contributed by atoms with E-state index in [4.69, 9.17) is 17.0 Å². The number of carbonyl (C=O) groups is 1. The molecule has 9 heteroatoms. The minimum absolute atomic E-state index is 0.149. The number of benzene rings is 1. The van der Waals surface area contributed by atoms with Crippen LogP contribution in [0.1, 0.15) is 37.7 Å². The van der Waals surface area contributed by atoms with Gasteiger partial charge in [0.2, 0.25) is 5.91 Å². The van der Waals surface area contributed by atoms with Crippen LogP contribution in [0, 0.1) is 5.82 Å². The molecule has 1 aromatic carbocycles. The van der Waals surface area contributed by atoms with Crippen molar-refractivity contribution in [2.75, 3.05) is 38.2 Å². The Kier molecular flexibility index (Phi) is 7.91. The maximum atomic E-state index is 13.4. The first-order valence-corrected chi connectivity index (χ1v) is 13.3. The number of nitrogens with zero attached hydrogens (tertiary/aromatic N) is 2. The van der Waals surface area contributed by atoms with Gasteiger partial charge in [-0.3, -0.25) is 10.1 Å². The Balaban J connectivity index is 1.41. The molecule has 1 spiro atoms. The van der Waals surface area contributed by atoms with E-state index in [1.807, 2.05) is 4.90 Å². The first-order chi connectivity index (χ1) is 15.5. The van der Waals surface area contributed by atoms with Gasteiger partial charge in [-0.2, -0.15) is 11.8 Å². The van der Waals surface area contributed by atoms with Gasteiger partial charge in [-0.25, -0.2) is 4.39 Å². The van der Waals surface area contributed by atoms with Gasteiger partial charge in [-0.05, 0) is 61.2 Å². The van der Waals surface area contributed by atoms with Crippen molar-refractivity contribution in [3.05, 3.63) is 35.6 Å². The number of rotatable bonds is 7. The van der Waals surface area contributed by atoms with Gasteiger partial charge in [0, 0.05) is 45.6 Å². The molecular formula is C23H33FN4O2S2. The molecule has 3 saturated heterocycles. The third-order valence-electron chi connectivity index (χ3n) is 6.77. The van der Waals surface area contributed by atoms with Crippen LogP contribution in [0.3, 0.4) is 0 Å². The van der Waals surface area contributed by atoms with Gasteiger partial charge in [-0.1, -0.05) is 12.1 Å². The lowest BCUT2D eigenvalue weighted by Crippen LogP contribution is -2.60. The van der Waals surface area contributed by atoms with Crippen LogP contribution in [-0.4, -0.2) is 76.9 Å². The highest BCUT2D eigenvalue weighted by Crippen LogP contribution is 2.35. The lowest BCUT2D eigenvalue weighted by molar-refractivity contribution is -0.134. The summed E-state index contributed by atoms with van der Waals surface area (Å²) in [5.74, 6) is 0.827. The molecule has 0 aromatic heterocycles. The zero-order chi connectivity index (χ0) is 22.6. The molecule has 6 nitrogen and oxygen atoms in total. The highest BCUT2D eigenvalue weighted by Gasteiger charge is 2.51.